The molecule has 4 aromatic rings. The average Bonchev–Trinajstić information content (AvgIpc) is 3.38. The third-order valence-corrected chi connectivity index (χ3v) is 4.74. The van der Waals surface area contributed by atoms with E-state index in [1.165, 1.54) is 11.1 Å². The Labute approximate surface area is 159 Å². The van der Waals surface area contributed by atoms with E-state index >= 15 is 0 Å². The van der Waals surface area contributed by atoms with Crippen molar-refractivity contribution in [3.8, 4) is 5.69 Å². The predicted molar refractivity (Wildman–Crippen MR) is 106 cm³/mol. The Hall–Kier alpha value is -3.18. The Morgan fingerprint density at radius 1 is 0.926 bits per heavy atom. The molecule has 1 atom stereocenters. The van der Waals surface area contributed by atoms with Crippen LogP contribution in [0.5, 0.6) is 0 Å². The Balaban J connectivity index is 1.47. The molecule has 0 bridgehead atoms. The maximum Gasteiger partial charge on any atom is 0.125 e. The van der Waals surface area contributed by atoms with Crippen molar-refractivity contribution in [3.63, 3.8) is 0 Å². The number of imidazole rings is 2. The zero-order valence-corrected chi connectivity index (χ0v) is 15.4. The third-order valence-electron chi connectivity index (χ3n) is 4.74. The number of aryl methyl sites for hydroxylation is 1. The van der Waals surface area contributed by atoms with Crippen LogP contribution >= 0.6 is 0 Å². The Morgan fingerprint density at radius 2 is 1.74 bits per heavy atom. The monoisotopic (exact) mass is 357 g/mol. The highest BCUT2D eigenvalue weighted by Crippen LogP contribution is 2.18. The predicted octanol–water partition coefficient (Wildman–Crippen LogP) is 3.68. The van der Waals surface area contributed by atoms with Crippen molar-refractivity contribution >= 4 is 0 Å². The fraction of sp³-hybridized carbons (Fsp3) is 0.182. The molecule has 1 unspecified atom stereocenters. The van der Waals surface area contributed by atoms with Crippen LogP contribution in [0.25, 0.3) is 5.69 Å². The van der Waals surface area contributed by atoms with E-state index in [4.69, 9.17) is 0 Å². The van der Waals surface area contributed by atoms with Crippen molar-refractivity contribution in [2.45, 2.75) is 19.0 Å². The number of benzene rings is 2. The van der Waals surface area contributed by atoms with Crippen molar-refractivity contribution in [1.82, 2.24) is 24.4 Å². The van der Waals surface area contributed by atoms with E-state index in [1.807, 2.05) is 36.5 Å². The summed E-state index contributed by atoms with van der Waals surface area (Å²) in [5.74, 6) is 1.05. The van der Waals surface area contributed by atoms with E-state index in [2.05, 4.69) is 74.4 Å². The highest BCUT2D eigenvalue weighted by atomic mass is 15.1. The van der Waals surface area contributed by atoms with Gasteiger partial charge in [-0.05, 0) is 29.7 Å². The lowest BCUT2D eigenvalue weighted by Crippen LogP contribution is -2.25. The molecule has 0 spiro atoms. The number of aromatic nitrogens is 4. The van der Waals surface area contributed by atoms with Crippen LogP contribution in [0.1, 0.15) is 23.0 Å². The van der Waals surface area contributed by atoms with E-state index < -0.39 is 0 Å². The largest absolute Gasteiger partial charge is 0.337 e. The smallest absolute Gasteiger partial charge is 0.125 e. The number of hydrogen-bond donors (Lipinski definition) is 1. The lowest BCUT2D eigenvalue weighted by molar-refractivity contribution is 0.491. The van der Waals surface area contributed by atoms with Gasteiger partial charge in [0, 0.05) is 44.1 Å². The van der Waals surface area contributed by atoms with Crippen LogP contribution in [-0.2, 0) is 20.0 Å². The first-order valence-corrected chi connectivity index (χ1v) is 9.11. The normalized spacial score (nSPS) is 12.2. The van der Waals surface area contributed by atoms with Gasteiger partial charge in [0.2, 0.25) is 0 Å². The number of nitrogens with zero attached hydrogens (tertiary/aromatic N) is 4. The molecule has 0 saturated heterocycles. The molecule has 0 amide bonds. The fourth-order valence-electron chi connectivity index (χ4n) is 3.26. The van der Waals surface area contributed by atoms with Gasteiger partial charge in [0.1, 0.15) is 5.82 Å². The third kappa shape index (κ3) is 4.15. The molecule has 1 N–H and O–H groups in total. The molecule has 0 aliphatic heterocycles. The summed E-state index contributed by atoms with van der Waals surface area (Å²) >= 11 is 0. The van der Waals surface area contributed by atoms with Gasteiger partial charge in [-0.15, -0.1) is 0 Å². The summed E-state index contributed by atoms with van der Waals surface area (Å²) in [6, 6.07) is 19.2. The van der Waals surface area contributed by atoms with Gasteiger partial charge in [0.15, 0.2) is 0 Å². The molecule has 0 fully saturated rings. The minimum absolute atomic E-state index is 0.153. The Bertz CT molecular complexity index is 956. The van der Waals surface area contributed by atoms with E-state index in [0.717, 1.165) is 24.5 Å². The Kier molecular flexibility index (Phi) is 5.12. The molecule has 2 aromatic carbocycles. The molecular formula is C22H23N5. The van der Waals surface area contributed by atoms with Gasteiger partial charge in [-0.25, -0.2) is 9.97 Å². The van der Waals surface area contributed by atoms with Crippen molar-refractivity contribution in [3.05, 3.63) is 103 Å². The molecular weight excluding hydrogens is 334 g/mol. The second-order valence-electron chi connectivity index (χ2n) is 6.66. The quantitative estimate of drug-likeness (QED) is 0.549. The standard InChI is InChI=1S/C22H23N5/c1-26-13-12-24-22(26)21(15-18-5-3-2-4-6-18)25-16-19-7-9-20(10-8-19)27-14-11-23-17-27/h2-14,17,21,25H,15-16H2,1H3. The first-order chi connectivity index (χ1) is 13.3. The summed E-state index contributed by atoms with van der Waals surface area (Å²) in [4.78, 5) is 8.66. The highest BCUT2D eigenvalue weighted by Gasteiger charge is 2.16. The molecule has 0 aliphatic rings. The summed E-state index contributed by atoms with van der Waals surface area (Å²) in [6.45, 7) is 0.786. The van der Waals surface area contributed by atoms with Gasteiger partial charge in [-0.2, -0.15) is 0 Å². The van der Waals surface area contributed by atoms with Crippen LogP contribution < -0.4 is 5.32 Å². The average molecular weight is 357 g/mol. The van der Waals surface area contributed by atoms with Crippen LogP contribution in [-0.4, -0.2) is 19.1 Å². The fourth-order valence-corrected chi connectivity index (χ4v) is 3.26. The lowest BCUT2D eigenvalue weighted by atomic mass is 10.0. The van der Waals surface area contributed by atoms with Gasteiger partial charge in [0.05, 0.1) is 12.4 Å². The topological polar surface area (TPSA) is 47.7 Å². The molecule has 5 nitrogen and oxygen atoms in total. The number of nitrogens with one attached hydrogen (secondary N) is 1. The van der Waals surface area contributed by atoms with Crippen LogP contribution in [0.2, 0.25) is 0 Å². The minimum atomic E-state index is 0.153. The van der Waals surface area contributed by atoms with Gasteiger partial charge in [0.25, 0.3) is 0 Å². The maximum absolute atomic E-state index is 4.56. The zero-order chi connectivity index (χ0) is 18.5. The first kappa shape index (κ1) is 17.2. The first-order valence-electron chi connectivity index (χ1n) is 9.11. The second-order valence-corrected chi connectivity index (χ2v) is 6.66. The summed E-state index contributed by atoms with van der Waals surface area (Å²) in [5, 5.41) is 3.68. The van der Waals surface area contributed by atoms with E-state index in [9.17, 15) is 0 Å². The van der Waals surface area contributed by atoms with Crippen LogP contribution in [0.4, 0.5) is 0 Å². The van der Waals surface area contributed by atoms with Crippen molar-refractivity contribution in [2.24, 2.45) is 7.05 Å². The molecule has 0 aliphatic carbocycles. The number of hydrogen-bond acceptors (Lipinski definition) is 3. The van der Waals surface area contributed by atoms with Crippen molar-refractivity contribution in [2.75, 3.05) is 0 Å². The van der Waals surface area contributed by atoms with Crippen LogP contribution in [0.3, 0.4) is 0 Å². The van der Waals surface area contributed by atoms with Gasteiger partial charge >= 0.3 is 0 Å². The van der Waals surface area contributed by atoms with E-state index in [0.29, 0.717) is 0 Å². The molecule has 4 rings (SSSR count). The highest BCUT2D eigenvalue weighted by molar-refractivity contribution is 5.34. The number of rotatable bonds is 7. The maximum atomic E-state index is 4.56. The minimum Gasteiger partial charge on any atom is -0.337 e. The second kappa shape index (κ2) is 8.01. The van der Waals surface area contributed by atoms with Crippen LogP contribution in [0.15, 0.2) is 85.7 Å². The molecule has 0 saturated carbocycles. The molecule has 2 heterocycles. The molecule has 5 heteroatoms. The van der Waals surface area contributed by atoms with E-state index in [-0.39, 0.29) is 6.04 Å². The molecule has 136 valence electrons. The van der Waals surface area contributed by atoms with Gasteiger partial charge in [-0.1, -0.05) is 42.5 Å². The van der Waals surface area contributed by atoms with Gasteiger partial charge in [-0.3, -0.25) is 0 Å². The van der Waals surface area contributed by atoms with E-state index in [1.54, 1.807) is 6.20 Å². The summed E-state index contributed by atoms with van der Waals surface area (Å²) in [5.41, 5.74) is 3.65. The lowest BCUT2D eigenvalue weighted by Gasteiger charge is -2.19. The zero-order valence-electron chi connectivity index (χ0n) is 15.4. The molecule has 0 radical (unpaired) electrons. The summed E-state index contributed by atoms with van der Waals surface area (Å²) in [6.07, 6.45) is 10.3. The summed E-state index contributed by atoms with van der Waals surface area (Å²) in [7, 11) is 2.04. The Morgan fingerprint density at radius 3 is 2.41 bits per heavy atom. The SMILES string of the molecule is Cn1ccnc1C(Cc1ccccc1)NCc1ccc(-n2ccnc2)cc1. The molecule has 2 aromatic heterocycles. The van der Waals surface area contributed by atoms with Crippen molar-refractivity contribution < 1.29 is 0 Å². The van der Waals surface area contributed by atoms with Crippen LogP contribution in [0, 0.1) is 0 Å². The van der Waals surface area contributed by atoms with Gasteiger partial charge < -0.3 is 14.5 Å². The summed E-state index contributed by atoms with van der Waals surface area (Å²) < 4.78 is 4.09. The molecule has 27 heavy (non-hydrogen) atoms. The van der Waals surface area contributed by atoms with Crippen molar-refractivity contribution in [1.29, 1.82) is 0 Å².